The van der Waals surface area contributed by atoms with Crippen LogP contribution in [-0.2, 0) is 25.2 Å². The molecule has 4 heterocycles. The van der Waals surface area contributed by atoms with E-state index in [4.69, 9.17) is 25.8 Å². The fraction of sp³-hybridized carbons (Fsp3) is 0.424. The van der Waals surface area contributed by atoms with Crippen LogP contribution in [0.4, 0.5) is 14.9 Å². The molecule has 0 radical (unpaired) electrons. The predicted octanol–water partition coefficient (Wildman–Crippen LogP) is 4.11. The van der Waals surface area contributed by atoms with Gasteiger partial charge in [0.25, 0.3) is 21.5 Å². The second-order valence-electron chi connectivity index (χ2n) is 11.9. The third-order valence-electron chi connectivity index (χ3n) is 9.16. The van der Waals surface area contributed by atoms with Crippen LogP contribution in [-0.4, -0.2) is 106 Å². The molecule has 3 aliphatic heterocycles. The Balaban J connectivity index is 1.45. The number of carbonyl (C=O) groups excluding carboxylic acids is 2. The molecule has 6 rings (SSSR count). The topological polar surface area (TPSA) is 122 Å². The molecule has 0 saturated carbocycles. The Morgan fingerprint density at radius 1 is 1.04 bits per heavy atom. The first-order valence-corrected chi connectivity index (χ1v) is 17.6. The van der Waals surface area contributed by atoms with Crippen molar-refractivity contribution in [3.63, 3.8) is 0 Å². The van der Waals surface area contributed by atoms with Crippen LogP contribution in [0, 0.1) is 5.82 Å². The SMILES string of the molecule is CCOc1ncccc1C1(OC(=O)N2CCN(C3CCN(C)CC3)CC2)C(=O)N(S(=O)(=O)c2ccccc2OC)c2cc(F)c(Cl)cc21. The van der Waals surface area contributed by atoms with Crippen molar-refractivity contribution >= 4 is 39.3 Å². The Bertz CT molecular complexity index is 1820. The Morgan fingerprint density at radius 3 is 2.44 bits per heavy atom. The number of benzene rings is 2. The summed E-state index contributed by atoms with van der Waals surface area (Å²) in [4.78, 5) is 39.1. The van der Waals surface area contributed by atoms with E-state index in [1.54, 1.807) is 13.0 Å². The Kier molecular flexibility index (Phi) is 9.53. The van der Waals surface area contributed by atoms with E-state index in [2.05, 4.69) is 21.8 Å². The Morgan fingerprint density at radius 2 is 1.75 bits per heavy atom. The van der Waals surface area contributed by atoms with Gasteiger partial charge < -0.3 is 24.0 Å². The summed E-state index contributed by atoms with van der Waals surface area (Å²) < 4.78 is 61.7. The summed E-state index contributed by atoms with van der Waals surface area (Å²) in [7, 11) is -1.40. The van der Waals surface area contributed by atoms with Crippen LogP contribution in [0.15, 0.2) is 59.6 Å². The fourth-order valence-corrected chi connectivity index (χ4v) is 8.45. The lowest BCUT2D eigenvalue weighted by Crippen LogP contribution is -2.55. The minimum Gasteiger partial charge on any atom is -0.495 e. The minimum absolute atomic E-state index is 0.0446. The molecule has 12 nitrogen and oxygen atoms in total. The largest absolute Gasteiger partial charge is 0.495 e. The Labute approximate surface area is 284 Å². The monoisotopic (exact) mass is 701 g/mol. The smallest absolute Gasteiger partial charge is 0.411 e. The van der Waals surface area contributed by atoms with Crippen molar-refractivity contribution in [3.05, 3.63) is 76.7 Å². The average Bonchev–Trinajstić information content (AvgIpc) is 3.32. The van der Waals surface area contributed by atoms with E-state index in [9.17, 15) is 18.0 Å². The number of pyridine rings is 1. The van der Waals surface area contributed by atoms with Gasteiger partial charge in [-0.25, -0.2) is 22.6 Å². The molecule has 2 fully saturated rings. The van der Waals surface area contributed by atoms with Crippen LogP contribution in [0.1, 0.15) is 30.9 Å². The van der Waals surface area contributed by atoms with Gasteiger partial charge in [-0.2, -0.15) is 4.31 Å². The van der Waals surface area contributed by atoms with Crippen LogP contribution in [0.5, 0.6) is 11.6 Å². The maximum absolute atomic E-state index is 15.2. The number of para-hydroxylation sites is 1. The molecule has 1 aromatic heterocycles. The highest BCUT2D eigenvalue weighted by Crippen LogP contribution is 2.52. The number of aromatic nitrogens is 1. The van der Waals surface area contributed by atoms with Crippen molar-refractivity contribution in [2.45, 2.75) is 36.3 Å². The number of rotatable bonds is 8. The minimum atomic E-state index is -4.79. The van der Waals surface area contributed by atoms with Crippen molar-refractivity contribution in [3.8, 4) is 11.6 Å². The number of sulfonamides is 1. The van der Waals surface area contributed by atoms with Gasteiger partial charge in [0, 0.05) is 50.0 Å². The number of nitrogens with zero attached hydrogens (tertiary/aromatic N) is 5. The number of piperidine rings is 1. The van der Waals surface area contributed by atoms with Gasteiger partial charge in [0.05, 0.1) is 30.0 Å². The van der Waals surface area contributed by atoms with Crippen LogP contribution >= 0.6 is 11.6 Å². The molecule has 2 saturated heterocycles. The molecule has 1 unspecified atom stereocenters. The molecule has 0 bridgehead atoms. The number of hydrogen-bond acceptors (Lipinski definition) is 10. The lowest BCUT2D eigenvalue weighted by molar-refractivity contribution is -0.132. The molecule has 0 spiro atoms. The van der Waals surface area contributed by atoms with Gasteiger partial charge in [-0.1, -0.05) is 23.7 Å². The molecule has 256 valence electrons. The molecule has 2 aromatic carbocycles. The van der Waals surface area contributed by atoms with Crippen molar-refractivity contribution in [2.24, 2.45) is 0 Å². The summed E-state index contributed by atoms with van der Waals surface area (Å²) in [5, 5.41) is -0.410. The van der Waals surface area contributed by atoms with E-state index in [0.29, 0.717) is 36.5 Å². The number of hydrogen-bond donors (Lipinski definition) is 0. The summed E-state index contributed by atoms with van der Waals surface area (Å²) in [5.74, 6) is -2.30. The molecular weight excluding hydrogens is 665 g/mol. The number of piperazine rings is 1. The summed E-state index contributed by atoms with van der Waals surface area (Å²) in [6.45, 7) is 5.68. The third kappa shape index (κ3) is 5.84. The molecule has 3 aliphatic rings. The molecule has 48 heavy (non-hydrogen) atoms. The molecule has 2 amide bonds. The third-order valence-corrected chi connectivity index (χ3v) is 11.2. The number of likely N-dealkylation sites (tertiary alicyclic amines) is 1. The molecule has 3 aromatic rings. The zero-order valence-electron chi connectivity index (χ0n) is 26.9. The molecular formula is C33H37ClFN5O7S. The normalized spacial score (nSPS) is 20.9. The highest BCUT2D eigenvalue weighted by molar-refractivity contribution is 7.93. The van der Waals surface area contributed by atoms with Gasteiger partial charge in [0.1, 0.15) is 16.5 Å². The fourth-order valence-electron chi connectivity index (χ4n) is 6.67. The van der Waals surface area contributed by atoms with E-state index < -0.39 is 38.5 Å². The molecule has 0 aliphatic carbocycles. The second-order valence-corrected chi connectivity index (χ2v) is 14.1. The summed E-state index contributed by atoms with van der Waals surface area (Å²) in [5.41, 5.74) is -3.05. The van der Waals surface area contributed by atoms with E-state index in [1.807, 2.05) is 0 Å². The number of ether oxygens (including phenoxy) is 3. The number of amides is 2. The zero-order chi connectivity index (χ0) is 34.2. The standard InChI is InChI=1S/C33H37ClFN5O7S/c1-4-46-30-23(8-7-13-36-30)33(47-32(42)39-18-16-38(17-19-39)22-11-14-37(2)15-12-22)24-20-25(34)26(35)21-27(24)40(31(33)41)48(43,44)29-10-6-5-9-28(29)45-3/h5-10,13,20-22H,4,11-12,14-19H2,1-3H3. The maximum atomic E-state index is 15.2. The van der Waals surface area contributed by atoms with Gasteiger partial charge in [0.2, 0.25) is 5.88 Å². The number of anilines is 1. The predicted molar refractivity (Wildman–Crippen MR) is 175 cm³/mol. The first-order valence-electron chi connectivity index (χ1n) is 15.7. The first kappa shape index (κ1) is 33.9. The van der Waals surface area contributed by atoms with E-state index in [1.165, 1.54) is 48.5 Å². The zero-order valence-corrected chi connectivity index (χ0v) is 28.5. The summed E-state index contributed by atoms with van der Waals surface area (Å²) in [6.07, 6.45) is 2.63. The quantitative estimate of drug-likeness (QED) is 0.339. The van der Waals surface area contributed by atoms with Gasteiger partial charge in [-0.15, -0.1) is 0 Å². The summed E-state index contributed by atoms with van der Waals surface area (Å²) >= 11 is 6.29. The Hall–Kier alpha value is -3.98. The lowest BCUT2D eigenvalue weighted by atomic mass is 9.87. The van der Waals surface area contributed by atoms with Crippen LogP contribution < -0.4 is 13.8 Å². The molecule has 0 N–H and O–H groups in total. The van der Waals surface area contributed by atoms with Crippen molar-refractivity contribution < 1.29 is 36.6 Å². The van der Waals surface area contributed by atoms with E-state index >= 15 is 4.39 Å². The number of methoxy groups -OCH3 is 1. The number of carbonyl (C=O) groups is 2. The summed E-state index contributed by atoms with van der Waals surface area (Å²) in [6, 6.07) is 11.0. The molecule has 1 atom stereocenters. The highest BCUT2D eigenvalue weighted by Gasteiger charge is 2.61. The maximum Gasteiger partial charge on any atom is 0.411 e. The van der Waals surface area contributed by atoms with Crippen molar-refractivity contribution in [1.82, 2.24) is 19.7 Å². The molecule has 15 heteroatoms. The van der Waals surface area contributed by atoms with Crippen LogP contribution in [0.25, 0.3) is 0 Å². The van der Waals surface area contributed by atoms with Gasteiger partial charge >= 0.3 is 6.09 Å². The number of fused-ring (bicyclic) bond motifs is 1. The first-order chi connectivity index (χ1) is 23.0. The van der Waals surface area contributed by atoms with Gasteiger partial charge in [0.15, 0.2) is 0 Å². The van der Waals surface area contributed by atoms with E-state index in [-0.39, 0.29) is 39.9 Å². The van der Waals surface area contributed by atoms with Crippen molar-refractivity contribution in [1.29, 1.82) is 0 Å². The van der Waals surface area contributed by atoms with Crippen molar-refractivity contribution in [2.75, 3.05) is 64.3 Å². The van der Waals surface area contributed by atoms with Crippen LogP contribution in [0.2, 0.25) is 5.02 Å². The average molecular weight is 702 g/mol. The lowest BCUT2D eigenvalue weighted by Gasteiger charge is -2.42. The van der Waals surface area contributed by atoms with Gasteiger partial charge in [-0.3, -0.25) is 9.69 Å². The van der Waals surface area contributed by atoms with Crippen LogP contribution in [0.3, 0.4) is 0 Å². The van der Waals surface area contributed by atoms with Gasteiger partial charge in [-0.05, 0) is 70.2 Å². The second kappa shape index (κ2) is 13.5. The van der Waals surface area contributed by atoms with E-state index in [0.717, 1.165) is 38.1 Å². The number of halogens is 2. The highest BCUT2D eigenvalue weighted by atomic mass is 35.5.